The molecule has 1 fully saturated rings. The van der Waals surface area contributed by atoms with Gasteiger partial charge in [-0.3, -0.25) is 9.59 Å². The quantitative estimate of drug-likeness (QED) is 0.677. The first-order chi connectivity index (χ1) is 15.0. The van der Waals surface area contributed by atoms with E-state index < -0.39 is 0 Å². The van der Waals surface area contributed by atoms with Crippen LogP contribution in [-0.2, 0) is 18.3 Å². The SMILES string of the molecule is Cc1ccsc1-c1cn(C2CCC(C(=O)NC3CCCc4c3ccc(=O)n4C)C2)nn1. The first-order valence-electron chi connectivity index (χ1n) is 11.0. The molecule has 0 bridgehead atoms. The van der Waals surface area contributed by atoms with Crippen molar-refractivity contribution in [3.8, 4) is 10.6 Å². The molecule has 3 atom stereocenters. The van der Waals surface area contributed by atoms with Crippen molar-refractivity contribution >= 4 is 17.2 Å². The van der Waals surface area contributed by atoms with Gasteiger partial charge in [-0.05, 0) is 74.1 Å². The van der Waals surface area contributed by atoms with Gasteiger partial charge >= 0.3 is 0 Å². The standard InChI is InChI=1S/C23H27N5O2S/c1-14-10-11-31-22(14)19-13-28(26-25-19)16-7-6-15(12-16)23(30)24-18-4-3-5-20-17(18)8-9-21(29)27(20)2/h8-11,13,15-16,18H,3-7,12H2,1-2H3,(H,24,30). The van der Waals surface area contributed by atoms with Crippen molar-refractivity contribution in [3.05, 3.63) is 57.0 Å². The molecule has 31 heavy (non-hydrogen) atoms. The second-order valence-corrected chi connectivity index (χ2v) is 9.68. The third kappa shape index (κ3) is 3.73. The molecule has 3 unspecified atom stereocenters. The van der Waals surface area contributed by atoms with Crippen LogP contribution in [0, 0.1) is 12.8 Å². The third-order valence-electron chi connectivity index (χ3n) is 6.83. The summed E-state index contributed by atoms with van der Waals surface area (Å²) in [6.07, 6.45) is 7.37. The van der Waals surface area contributed by atoms with Crippen molar-refractivity contribution in [1.29, 1.82) is 0 Å². The first kappa shape index (κ1) is 20.2. The zero-order chi connectivity index (χ0) is 21.5. The molecule has 2 aliphatic carbocycles. The second kappa shape index (κ2) is 8.07. The van der Waals surface area contributed by atoms with E-state index in [0.717, 1.165) is 60.4 Å². The second-order valence-electron chi connectivity index (χ2n) is 8.77. The molecular formula is C23H27N5O2S. The third-order valence-corrected chi connectivity index (χ3v) is 7.87. The van der Waals surface area contributed by atoms with Crippen LogP contribution in [-0.4, -0.2) is 25.5 Å². The van der Waals surface area contributed by atoms with Gasteiger partial charge in [0.15, 0.2) is 0 Å². The number of aryl methyl sites for hydroxylation is 1. The van der Waals surface area contributed by atoms with Crippen LogP contribution >= 0.6 is 11.3 Å². The van der Waals surface area contributed by atoms with Gasteiger partial charge in [-0.1, -0.05) is 5.21 Å². The zero-order valence-electron chi connectivity index (χ0n) is 17.9. The van der Waals surface area contributed by atoms with Crippen LogP contribution in [0.5, 0.6) is 0 Å². The first-order valence-corrected chi connectivity index (χ1v) is 11.8. The molecule has 8 heteroatoms. The summed E-state index contributed by atoms with van der Waals surface area (Å²) < 4.78 is 3.66. The van der Waals surface area contributed by atoms with Gasteiger partial charge in [-0.15, -0.1) is 16.4 Å². The monoisotopic (exact) mass is 437 g/mol. The molecule has 0 aromatic carbocycles. The minimum absolute atomic E-state index is 0.00862. The smallest absolute Gasteiger partial charge is 0.250 e. The van der Waals surface area contributed by atoms with Crippen molar-refractivity contribution in [1.82, 2.24) is 24.9 Å². The predicted octanol–water partition coefficient (Wildman–Crippen LogP) is 3.55. The minimum atomic E-state index is -0.0148. The van der Waals surface area contributed by atoms with Crippen LogP contribution in [0.2, 0.25) is 0 Å². The number of carbonyl (C=O) groups is 1. The summed E-state index contributed by atoms with van der Waals surface area (Å²) in [5, 5.41) is 14.1. The summed E-state index contributed by atoms with van der Waals surface area (Å²) in [7, 11) is 1.82. The number of nitrogens with zero attached hydrogens (tertiary/aromatic N) is 4. The topological polar surface area (TPSA) is 81.8 Å². The summed E-state index contributed by atoms with van der Waals surface area (Å²) in [6, 6.07) is 5.78. The highest BCUT2D eigenvalue weighted by molar-refractivity contribution is 7.13. The fourth-order valence-electron chi connectivity index (χ4n) is 5.02. The van der Waals surface area contributed by atoms with Gasteiger partial charge in [0.2, 0.25) is 11.5 Å². The Labute approximate surface area is 185 Å². The number of pyridine rings is 1. The fraction of sp³-hybridized carbons (Fsp3) is 0.478. The summed E-state index contributed by atoms with van der Waals surface area (Å²) >= 11 is 1.68. The highest BCUT2D eigenvalue weighted by Crippen LogP contribution is 2.37. The van der Waals surface area contributed by atoms with E-state index in [1.165, 1.54) is 5.56 Å². The summed E-state index contributed by atoms with van der Waals surface area (Å²) in [4.78, 5) is 26.2. The average molecular weight is 438 g/mol. The van der Waals surface area contributed by atoms with E-state index in [4.69, 9.17) is 0 Å². The molecule has 7 nitrogen and oxygen atoms in total. The number of nitrogens with one attached hydrogen (secondary N) is 1. The van der Waals surface area contributed by atoms with Crippen LogP contribution in [0.1, 0.15) is 61.0 Å². The number of thiophene rings is 1. The molecule has 1 amide bonds. The van der Waals surface area contributed by atoms with Crippen molar-refractivity contribution in [3.63, 3.8) is 0 Å². The van der Waals surface area contributed by atoms with Crippen LogP contribution in [0.4, 0.5) is 0 Å². The Kier molecular flexibility index (Phi) is 5.25. The van der Waals surface area contributed by atoms with Gasteiger partial charge in [0.1, 0.15) is 5.69 Å². The van der Waals surface area contributed by atoms with E-state index >= 15 is 0 Å². The normalized spacial score (nSPS) is 23.0. The zero-order valence-corrected chi connectivity index (χ0v) is 18.7. The number of hydrogen-bond donors (Lipinski definition) is 1. The molecule has 0 saturated heterocycles. The van der Waals surface area contributed by atoms with Crippen LogP contribution < -0.4 is 10.9 Å². The fourth-order valence-corrected chi connectivity index (χ4v) is 5.90. The number of hydrogen-bond acceptors (Lipinski definition) is 5. The lowest BCUT2D eigenvalue weighted by atomic mass is 9.90. The molecule has 3 aromatic heterocycles. The van der Waals surface area contributed by atoms with Gasteiger partial charge in [0.25, 0.3) is 0 Å². The van der Waals surface area contributed by atoms with Crippen LogP contribution in [0.3, 0.4) is 0 Å². The summed E-state index contributed by atoms with van der Waals surface area (Å²) in [5.41, 5.74) is 4.26. The molecule has 3 aromatic rings. The lowest BCUT2D eigenvalue weighted by Crippen LogP contribution is -2.36. The lowest BCUT2D eigenvalue weighted by Gasteiger charge is -2.28. The minimum Gasteiger partial charge on any atom is -0.349 e. The molecule has 0 spiro atoms. The maximum absolute atomic E-state index is 13.1. The summed E-state index contributed by atoms with van der Waals surface area (Å²) in [6.45, 7) is 2.09. The Morgan fingerprint density at radius 2 is 2.10 bits per heavy atom. The largest absolute Gasteiger partial charge is 0.349 e. The highest BCUT2D eigenvalue weighted by atomic mass is 32.1. The van der Waals surface area contributed by atoms with Crippen molar-refractivity contribution in [2.24, 2.45) is 13.0 Å². The van der Waals surface area contributed by atoms with E-state index in [9.17, 15) is 9.59 Å². The Hall–Kier alpha value is -2.74. The van der Waals surface area contributed by atoms with E-state index in [-0.39, 0.29) is 29.5 Å². The summed E-state index contributed by atoms with van der Waals surface area (Å²) in [5.74, 6) is 0.0997. The van der Waals surface area contributed by atoms with Crippen molar-refractivity contribution in [2.75, 3.05) is 0 Å². The molecule has 0 radical (unpaired) electrons. The van der Waals surface area contributed by atoms with Gasteiger partial charge in [-0.25, -0.2) is 4.68 Å². The van der Waals surface area contributed by atoms with E-state index in [1.807, 2.05) is 24.0 Å². The predicted molar refractivity (Wildman–Crippen MR) is 120 cm³/mol. The molecule has 5 rings (SSSR count). The molecule has 162 valence electrons. The van der Waals surface area contributed by atoms with Crippen molar-refractivity contribution < 1.29 is 4.79 Å². The molecule has 1 N–H and O–H groups in total. The van der Waals surface area contributed by atoms with E-state index in [0.29, 0.717) is 0 Å². The maximum atomic E-state index is 13.1. The molecule has 3 heterocycles. The Balaban J connectivity index is 1.26. The Bertz CT molecular complexity index is 1180. The van der Waals surface area contributed by atoms with Crippen LogP contribution in [0.15, 0.2) is 34.6 Å². The highest BCUT2D eigenvalue weighted by Gasteiger charge is 2.34. The lowest BCUT2D eigenvalue weighted by molar-refractivity contribution is -0.125. The van der Waals surface area contributed by atoms with E-state index in [2.05, 4.69) is 34.0 Å². The Morgan fingerprint density at radius 3 is 2.90 bits per heavy atom. The number of aromatic nitrogens is 4. The van der Waals surface area contributed by atoms with E-state index in [1.54, 1.807) is 22.0 Å². The van der Waals surface area contributed by atoms with Crippen LogP contribution in [0.25, 0.3) is 10.6 Å². The molecule has 0 aliphatic heterocycles. The average Bonchev–Trinajstić information content (AvgIpc) is 3.51. The van der Waals surface area contributed by atoms with Gasteiger partial charge in [0.05, 0.1) is 23.2 Å². The van der Waals surface area contributed by atoms with Gasteiger partial charge < -0.3 is 9.88 Å². The number of fused-ring (bicyclic) bond motifs is 1. The maximum Gasteiger partial charge on any atom is 0.250 e. The molecular weight excluding hydrogens is 410 g/mol. The number of carbonyl (C=O) groups excluding carboxylic acids is 1. The van der Waals surface area contributed by atoms with Gasteiger partial charge in [0, 0.05) is 24.7 Å². The number of rotatable bonds is 4. The molecule has 1 saturated carbocycles. The molecule has 2 aliphatic rings. The number of amides is 1. The Morgan fingerprint density at radius 1 is 1.23 bits per heavy atom. The van der Waals surface area contributed by atoms with Gasteiger partial charge in [-0.2, -0.15) is 0 Å². The van der Waals surface area contributed by atoms with Crippen molar-refractivity contribution in [2.45, 2.75) is 57.5 Å².